The van der Waals surface area contributed by atoms with Crippen molar-refractivity contribution in [2.45, 2.75) is 6.92 Å². The molecule has 2 heterocycles. The van der Waals surface area contributed by atoms with E-state index >= 15 is 0 Å². The first-order valence-electron chi connectivity index (χ1n) is 3.75. The van der Waals surface area contributed by atoms with Gasteiger partial charge in [0.1, 0.15) is 15.3 Å². The number of hydrogen-bond donors (Lipinski definition) is 1. The first-order chi connectivity index (χ1) is 6.58. The zero-order valence-electron chi connectivity index (χ0n) is 7.11. The van der Waals surface area contributed by atoms with E-state index in [1.54, 1.807) is 13.0 Å². The van der Waals surface area contributed by atoms with E-state index in [9.17, 15) is 4.79 Å². The number of thiophene rings is 1. The maximum atomic E-state index is 10.7. The van der Waals surface area contributed by atoms with Gasteiger partial charge >= 0.3 is 5.97 Å². The van der Waals surface area contributed by atoms with Gasteiger partial charge in [-0.05, 0) is 28.9 Å². The Morgan fingerprint density at radius 3 is 2.93 bits per heavy atom. The predicted octanol–water partition coefficient (Wildman–Crippen LogP) is 2.46. The molecule has 0 aromatic carbocycles. The van der Waals surface area contributed by atoms with E-state index in [1.807, 2.05) is 0 Å². The lowest BCUT2D eigenvalue weighted by Gasteiger charge is -1.93. The molecule has 2 rings (SSSR count). The Hall–Kier alpha value is -1.01. The number of nitrogens with zero attached hydrogens (tertiary/aromatic N) is 2. The smallest absolute Gasteiger partial charge is 0.345 e. The summed E-state index contributed by atoms with van der Waals surface area (Å²) in [6.45, 7) is 1.77. The molecule has 2 aromatic rings. The minimum atomic E-state index is -0.933. The second-order valence-corrected chi connectivity index (χ2v) is 4.50. The van der Waals surface area contributed by atoms with Crippen LogP contribution in [0.1, 0.15) is 15.5 Å². The zero-order chi connectivity index (χ0) is 10.3. The highest BCUT2D eigenvalue weighted by atomic mass is 79.9. The highest BCUT2D eigenvalue weighted by Gasteiger charge is 2.12. The minimum Gasteiger partial charge on any atom is -0.477 e. The molecule has 0 aliphatic heterocycles. The number of carboxylic acid groups (broad SMARTS) is 1. The van der Waals surface area contributed by atoms with E-state index in [2.05, 4.69) is 25.9 Å². The number of fused-ring (bicyclic) bond motifs is 1. The van der Waals surface area contributed by atoms with Crippen molar-refractivity contribution in [1.29, 1.82) is 0 Å². The van der Waals surface area contributed by atoms with E-state index in [0.717, 1.165) is 4.70 Å². The largest absolute Gasteiger partial charge is 0.477 e. The van der Waals surface area contributed by atoms with Crippen LogP contribution in [0.3, 0.4) is 0 Å². The van der Waals surface area contributed by atoms with Gasteiger partial charge in [-0.1, -0.05) is 0 Å². The Kier molecular flexibility index (Phi) is 2.24. The van der Waals surface area contributed by atoms with Crippen molar-refractivity contribution in [3.63, 3.8) is 0 Å². The molecule has 4 nitrogen and oxygen atoms in total. The summed E-state index contributed by atoms with van der Waals surface area (Å²) in [7, 11) is 0. The molecule has 0 saturated carbocycles. The monoisotopic (exact) mass is 272 g/mol. The summed E-state index contributed by atoms with van der Waals surface area (Å²) in [4.78, 5) is 19.2. The standard InChI is InChI=1S/C8H5BrN2O2S/c1-3-10-4-2-5(8(12)13)14-6(4)7(9)11-3/h2H,1H3,(H,12,13). The third-order valence-corrected chi connectivity index (χ3v) is 3.61. The van der Waals surface area contributed by atoms with Crippen molar-refractivity contribution < 1.29 is 9.90 Å². The number of hydrogen-bond acceptors (Lipinski definition) is 4. The Morgan fingerprint density at radius 2 is 2.29 bits per heavy atom. The van der Waals surface area contributed by atoms with Gasteiger partial charge < -0.3 is 5.11 Å². The number of halogens is 1. The summed E-state index contributed by atoms with van der Waals surface area (Å²) >= 11 is 4.45. The van der Waals surface area contributed by atoms with Crippen molar-refractivity contribution in [3.05, 3.63) is 21.4 Å². The van der Waals surface area contributed by atoms with Crippen LogP contribution in [0.5, 0.6) is 0 Å². The van der Waals surface area contributed by atoms with E-state index in [1.165, 1.54) is 11.3 Å². The van der Waals surface area contributed by atoms with Crippen LogP contribution in [0.15, 0.2) is 10.7 Å². The topological polar surface area (TPSA) is 63.1 Å². The molecule has 0 aliphatic rings. The fourth-order valence-corrected chi connectivity index (χ4v) is 2.63. The van der Waals surface area contributed by atoms with Crippen LogP contribution < -0.4 is 0 Å². The fourth-order valence-electron chi connectivity index (χ4n) is 1.11. The van der Waals surface area contributed by atoms with Crippen LogP contribution >= 0.6 is 27.3 Å². The highest BCUT2D eigenvalue weighted by Crippen LogP contribution is 2.29. The lowest BCUT2D eigenvalue weighted by molar-refractivity contribution is 0.0702. The predicted molar refractivity (Wildman–Crippen MR) is 56.8 cm³/mol. The summed E-state index contributed by atoms with van der Waals surface area (Å²) in [5.74, 6) is -0.309. The first-order valence-corrected chi connectivity index (χ1v) is 5.36. The van der Waals surface area contributed by atoms with Crippen molar-refractivity contribution >= 4 is 43.5 Å². The van der Waals surface area contributed by atoms with Crippen LogP contribution in [0.2, 0.25) is 0 Å². The molecule has 1 N–H and O–H groups in total. The second-order valence-electron chi connectivity index (χ2n) is 2.69. The number of aromatic nitrogens is 2. The van der Waals surface area contributed by atoms with Crippen molar-refractivity contribution in [2.24, 2.45) is 0 Å². The molecular formula is C8H5BrN2O2S. The molecule has 0 aliphatic carbocycles. The molecule has 6 heteroatoms. The van der Waals surface area contributed by atoms with Crippen LogP contribution in [-0.4, -0.2) is 21.0 Å². The molecule has 0 fully saturated rings. The third-order valence-electron chi connectivity index (χ3n) is 1.65. The van der Waals surface area contributed by atoms with Crippen LogP contribution in [0, 0.1) is 6.92 Å². The van der Waals surface area contributed by atoms with E-state index < -0.39 is 5.97 Å². The van der Waals surface area contributed by atoms with Gasteiger partial charge in [-0.2, -0.15) is 0 Å². The molecule has 0 spiro atoms. The quantitative estimate of drug-likeness (QED) is 0.810. The summed E-state index contributed by atoms with van der Waals surface area (Å²) in [6.07, 6.45) is 0. The van der Waals surface area contributed by atoms with Crippen LogP contribution in [0.4, 0.5) is 0 Å². The summed E-state index contributed by atoms with van der Waals surface area (Å²) in [5, 5.41) is 8.79. The lowest BCUT2D eigenvalue weighted by Crippen LogP contribution is -1.89. The Morgan fingerprint density at radius 1 is 1.57 bits per heavy atom. The molecule has 0 unspecified atom stereocenters. The molecule has 0 amide bonds. The van der Waals surface area contributed by atoms with Crippen molar-refractivity contribution in [2.75, 3.05) is 0 Å². The first kappa shape index (κ1) is 9.54. The van der Waals surface area contributed by atoms with Gasteiger partial charge in [-0.3, -0.25) is 0 Å². The van der Waals surface area contributed by atoms with E-state index in [0.29, 0.717) is 15.9 Å². The van der Waals surface area contributed by atoms with Crippen molar-refractivity contribution in [1.82, 2.24) is 9.97 Å². The van der Waals surface area contributed by atoms with Gasteiger partial charge in [0.05, 0.1) is 10.2 Å². The van der Waals surface area contributed by atoms with Crippen LogP contribution in [-0.2, 0) is 0 Å². The normalized spacial score (nSPS) is 10.7. The maximum Gasteiger partial charge on any atom is 0.345 e. The van der Waals surface area contributed by atoms with E-state index in [4.69, 9.17) is 5.11 Å². The lowest BCUT2D eigenvalue weighted by atomic mass is 10.4. The van der Waals surface area contributed by atoms with Gasteiger partial charge in [0.2, 0.25) is 0 Å². The molecule has 72 valence electrons. The minimum absolute atomic E-state index is 0.278. The molecule has 2 aromatic heterocycles. The Bertz CT molecular complexity index is 523. The SMILES string of the molecule is Cc1nc(Br)c2sc(C(=O)O)cc2n1. The third kappa shape index (κ3) is 1.51. The van der Waals surface area contributed by atoms with Gasteiger partial charge in [-0.25, -0.2) is 14.8 Å². The van der Waals surface area contributed by atoms with Crippen molar-refractivity contribution in [3.8, 4) is 0 Å². The average molecular weight is 273 g/mol. The summed E-state index contributed by atoms with van der Waals surface area (Å²) in [5.41, 5.74) is 0.673. The fraction of sp³-hybridized carbons (Fsp3) is 0.125. The van der Waals surface area contributed by atoms with Gasteiger partial charge in [0.25, 0.3) is 0 Å². The molecule has 0 radical (unpaired) electrons. The Balaban J connectivity index is 2.76. The maximum absolute atomic E-state index is 10.7. The number of aromatic carboxylic acids is 1. The summed E-state index contributed by atoms with van der Waals surface area (Å²) in [6, 6.07) is 1.56. The number of carboxylic acids is 1. The van der Waals surface area contributed by atoms with E-state index in [-0.39, 0.29) is 4.88 Å². The average Bonchev–Trinajstić information content (AvgIpc) is 2.47. The molecule has 14 heavy (non-hydrogen) atoms. The van der Waals surface area contributed by atoms with Gasteiger partial charge in [-0.15, -0.1) is 11.3 Å². The number of aryl methyl sites for hydroxylation is 1. The van der Waals surface area contributed by atoms with Gasteiger partial charge in [0.15, 0.2) is 0 Å². The molecule has 0 bridgehead atoms. The number of carbonyl (C=O) groups is 1. The molecule has 0 saturated heterocycles. The highest BCUT2D eigenvalue weighted by molar-refractivity contribution is 9.10. The molecular weight excluding hydrogens is 268 g/mol. The number of rotatable bonds is 1. The second kappa shape index (κ2) is 3.29. The zero-order valence-corrected chi connectivity index (χ0v) is 9.52. The Labute approximate surface area is 91.7 Å². The molecule has 0 atom stereocenters. The van der Waals surface area contributed by atoms with Crippen LogP contribution in [0.25, 0.3) is 10.2 Å². The van der Waals surface area contributed by atoms with Gasteiger partial charge in [0, 0.05) is 0 Å². The summed E-state index contributed by atoms with van der Waals surface area (Å²) < 4.78 is 1.42.